The fourth-order valence-electron chi connectivity index (χ4n) is 5.71. The molecule has 1 fully saturated rings. The van der Waals surface area contributed by atoms with Crippen molar-refractivity contribution >= 4 is 50.6 Å². The monoisotopic (exact) mass is 593 g/mol. The first kappa shape index (κ1) is 26.6. The molecule has 0 radical (unpaired) electrons. The van der Waals surface area contributed by atoms with Crippen LogP contribution in [0.3, 0.4) is 0 Å². The van der Waals surface area contributed by atoms with Crippen LogP contribution in [-0.4, -0.2) is 45.5 Å². The minimum absolute atomic E-state index is 0.0907. The third-order valence-corrected chi connectivity index (χ3v) is 11.7. The first-order chi connectivity index (χ1) is 18.6. The van der Waals surface area contributed by atoms with Gasteiger partial charge in [0.25, 0.3) is 0 Å². The van der Waals surface area contributed by atoms with Crippen LogP contribution in [-0.2, 0) is 12.7 Å². The molecular formula is C27H27ClF3N5OS2. The Hall–Kier alpha value is -2.60. The van der Waals surface area contributed by atoms with Crippen LogP contribution >= 0.6 is 33.8 Å². The van der Waals surface area contributed by atoms with E-state index in [0.717, 1.165) is 9.90 Å². The van der Waals surface area contributed by atoms with E-state index in [1.165, 1.54) is 23.5 Å². The Labute approximate surface area is 235 Å². The van der Waals surface area contributed by atoms with Crippen LogP contribution in [0.1, 0.15) is 31.0 Å². The van der Waals surface area contributed by atoms with Crippen LogP contribution in [0.5, 0.6) is 0 Å². The summed E-state index contributed by atoms with van der Waals surface area (Å²) in [5, 5.41) is 6.16. The highest BCUT2D eigenvalue weighted by molar-refractivity contribution is 8.18. The van der Waals surface area contributed by atoms with Gasteiger partial charge in [-0.1, -0.05) is 17.7 Å². The van der Waals surface area contributed by atoms with Gasteiger partial charge in [-0.3, -0.25) is 9.55 Å². The number of anilines is 1. The van der Waals surface area contributed by atoms with E-state index in [0.29, 0.717) is 45.5 Å². The number of hydrogen-bond donors (Lipinski definition) is 2. The average molecular weight is 594 g/mol. The number of alkyl halides is 3. The summed E-state index contributed by atoms with van der Waals surface area (Å²) in [6, 6.07) is 10.1. The minimum atomic E-state index is -4.56. The molecule has 1 N–H and O–H groups in total. The molecule has 0 spiro atoms. The van der Waals surface area contributed by atoms with Gasteiger partial charge in [-0.2, -0.15) is 29.1 Å². The van der Waals surface area contributed by atoms with E-state index in [-0.39, 0.29) is 24.5 Å². The van der Waals surface area contributed by atoms with E-state index in [9.17, 15) is 18.0 Å². The van der Waals surface area contributed by atoms with Crippen molar-refractivity contribution in [1.29, 1.82) is 0 Å². The van der Waals surface area contributed by atoms with Crippen molar-refractivity contribution in [3.63, 3.8) is 0 Å². The third-order valence-electron chi connectivity index (χ3n) is 7.24. The summed E-state index contributed by atoms with van der Waals surface area (Å²) in [6.07, 6.45) is -2.86. The standard InChI is InChI=1S/C27H27ClF3N5OS2/c1-15-10-35(11-16(2)33-15)25-20-7-18(27(29,30)31)8-22-24(20)36(26(37)34-25)12-17(21-5-3-4-6-32-21)14-39(22)23-9-19(28)13-38-23/h3-9,13,15-17,33,39H,10-12,14H2,1-2H3/t15-,16+,17-/m0/s1. The van der Waals surface area contributed by atoms with Gasteiger partial charge in [0.1, 0.15) is 5.82 Å². The zero-order valence-electron chi connectivity index (χ0n) is 21.2. The molecule has 1 saturated heterocycles. The maximum Gasteiger partial charge on any atom is 0.416 e. The highest BCUT2D eigenvalue weighted by atomic mass is 35.5. The largest absolute Gasteiger partial charge is 0.416 e. The number of nitrogens with one attached hydrogen (secondary N) is 1. The molecule has 2 aliphatic rings. The van der Waals surface area contributed by atoms with Crippen molar-refractivity contribution in [3.05, 3.63) is 74.7 Å². The Bertz CT molecular complexity index is 1580. The summed E-state index contributed by atoms with van der Waals surface area (Å²) in [7, 11) is -1.29. The molecule has 0 aliphatic carbocycles. The quantitative estimate of drug-likeness (QED) is 0.288. The molecule has 206 valence electrons. The second-order valence-electron chi connectivity index (χ2n) is 10.3. The molecule has 4 aromatic rings. The van der Waals surface area contributed by atoms with Crippen molar-refractivity contribution in [2.75, 3.05) is 23.7 Å². The van der Waals surface area contributed by atoms with Gasteiger partial charge < -0.3 is 10.2 Å². The summed E-state index contributed by atoms with van der Waals surface area (Å²) in [6.45, 7) is 5.39. The van der Waals surface area contributed by atoms with Gasteiger partial charge >= 0.3 is 11.9 Å². The number of aromatic nitrogens is 3. The normalized spacial score (nSPS) is 24.6. The lowest BCUT2D eigenvalue weighted by Crippen LogP contribution is -2.55. The van der Waals surface area contributed by atoms with Crippen LogP contribution in [0.25, 0.3) is 10.9 Å². The molecule has 39 heavy (non-hydrogen) atoms. The molecule has 1 aromatic carbocycles. The number of pyridine rings is 1. The van der Waals surface area contributed by atoms with Crippen LogP contribution in [0.4, 0.5) is 19.0 Å². The van der Waals surface area contributed by atoms with Crippen LogP contribution in [0.15, 0.2) is 61.9 Å². The highest BCUT2D eigenvalue weighted by Crippen LogP contribution is 2.55. The number of rotatable bonds is 3. The van der Waals surface area contributed by atoms with Crippen molar-refractivity contribution in [2.24, 2.45) is 0 Å². The van der Waals surface area contributed by atoms with Gasteiger partial charge in [0.15, 0.2) is 0 Å². The molecule has 3 aromatic heterocycles. The predicted octanol–water partition coefficient (Wildman–Crippen LogP) is 5.93. The molecule has 6 rings (SSSR count). The fourth-order valence-corrected chi connectivity index (χ4v) is 10.2. The van der Waals surface area contributed by atoms with Crippen molar-refractivity contribution in [2.45, 2.75) is 53.7 Å². The van der Waals surface area contributed by atoms with E-state index in [1.807, 2.05) is 43.0 Å². The molecule has 0 bridgehead atoms. The predicted molar refractivity (Wildman–Crippen MR) is 152 cm³/mol. The lowest BCUT2D eigenvalue weighted by Gasteiger charge is -2.37. The second kappa shape index (κ2) is 10.1. The zero-order valence-corrected chi connectivity index (χ0v) is 23.7. The smallest absolute Gasteiger partial charge is 0.353 e. The number of halogens is 4. The van der Waals surface area contributed by atoms with Crippen LogP contribution in [0.2, 0.25) is 5.02 Å². The van der Waals surface area contributed by atoms with Gasteiger partial charge in [0, 0.05) is 69.4 Å². The van der Waals surface area contributed by atoms with Crippen molar-refractivity contribution in [1.82, 2.24) is 19.9 Å². The topological polar surface area (TPSA) is 63.1 Å². The fraction of sp³-hybridized carbons (Fsp3) is 0.370. The number of thiol groups is 1. The third kappa shape index (κ3) is 5.05. The molecule has 2 aliphatic heterocycles. The number of benzene rings is 1. The number of hydrogen-bond acceptors (Lipinski definition) is 6. The number of nitrogens with zero attached hydrogens (tertiary/aromatic N) is 4. The summed E-state index contributed by atoms with van der Waals surface area (Å²) >= 11 is 7.76. The molecule has 0 saturated carbocycles. The second-order valence-corrected chi connectivity index (χ2v) is 14.1. The Morgan fingerprint density at radius 1 is 1.13 bits per heavy atom. The Kier molecular flexibility index (Phi) is 6.89. The Morgan fingerprint density at radius 2 is 1.90 bits per heavy atom. The highest BCUT2D eigenvalue weighted by Gasteiger charge is 2.37. The van der Waals surface area contributed by atoms with Gasteiger partial charge in [0.2, 0.25) is 0 Å². The minimum Gasteiger partial charge on any atom is -0.353 e. The SMILES string of the molecule is C[C@@H]1CN(c2nc(=O)n3c4c(cc(C(F)(F)F)cc24)[SH](c2cc(Cl)cs2)C[C@@H](c2ccccn2)C3)C[C@H](C)N1. The lowest BCUT2D eigenvalue weighted by atomic mass is 10.1. The number of thiophene rings is 1. The first-order valence-electron chi connectivity index (χ1n) is 12.7. The van der Waals surface area contributed by atoms with E-state index < -0.39 is 28.3 Å². The van der Waals surface area contributed by atoms with E-state index in [2.05, 4.69) is 15.3 Å². The summed E-state index contributed by atoms with van der Waals surface area (Å²) in [5.41, 5.74) is 0.136. The molecule has 0 amide bonds. The maximum absolute atomic E-state index is 14.4. The molecular weight excluding hydrogens is 567 g/mol. The van der Waals surface area contributed by atoms with Crippen molar-refractivity contribution in [3.8, 4) is 0 Å². The molecule has 6 nitrogen and oxygen atoms in total. The van der Waals surface area contributed by atoms with E-state index in [4.69, 9.17) is 11.6 Å². The van der Waals surface area contributed by atoms with E-state index in [1.54, 1.807) is 16.1 Å². The number of piperazine rings is 1. The van der Waals surface area contributed by atoms with E-state index >= 15 is 0 Å². The van der Waals surface area contributed by atoms with Crippen molar-refractivity contribution < 1.29 is 13.2 Å². The lowest BCUT2D eigenvalue weighted by molar-refractivity contribution is -0.137. The molecule has 5 heterocycles. The average Bonchev–Trinajstić information content (AvgIpc) is 3.23. The molecule has 4 atom stereocenters. The summed E-state index contributed by atoms with van der Waals surface area (Å²) in [5.74, 6) is 0.666. The summed E-state index contributed by atoms with van der Waals surface area (Å²) < 4.78 is 45.6. The van der Waals surface area contributed by atoms with Gasteiger partial charge in [-0.05, 0) is 49.9 Å². The summed E-state index contributed by atoms with van der Waals surface area (Å²) in [4.78, 5) is 25.2. The van der Waals surface area contributed by atoms with Gasteiger partial charge in [-0.25, -0.2) is 4.79 Å². The Morgan fingerprint density at radius 3 is 2.54 bits per heavy atom. The Balaban J connectivity index is 1.66. The molecule has 12 heteroatoms. The van der Waals surface area contributed by atoms with Gasteiger partial charge in [0.05, 0.1) is 16.1 Å². The van der Waals surface area contributed by atoms with Crippen LogP contribution in [0, 0.1) is 0 Å². The zero-order chi connectivity index (χ0) is 27.5. The molecule has 1 unspecified atom stereocenters. The van der Waals surface area contributed by atoms with Gasteiger partial charge in [-0.15, -0.1) is 11.3 Å². The maximum atomic E-state index is 14.4. The first-order valence-corrected chi connectivity index (χ1v) is 15.5. The van der Waals surface area contributed by atoms with Crippen LogP contribution < -0.4 is 15.9 Å².